The third-order valence-electron chi connectivity index (χ3n) is 4.03. The third kappa shape index (κ3) is 4.59. The van der Waals surface area contributed by atoms with Gasteiger partial charge in [-0.05, 0) is 55.7 Å². The van der Waals surface area contributed by atoms with Crippen LogP contribution in [0.25, 0.3) is 11.3 Å². The Balaban J connectivity index is 1.72. The molecule has 0 aliphatic carbocycles. The number of aromatic nitrogens is 1. The Morgan fingerprint density at radius 3 is 2.81 bits per heavy atom. The highest BCUT2D eigenvalue weighted by molar-refractivity contribution is 7.14. The van der Waals surface area contributed by atoms with Crippen LogP contribution in [0.4, 0.5) is 5.13 Å². The quantitative estimate of drug-likeness (QED) is 0.415. The van der Waals surface area contributed by atoms with Crippen LogP contribution in [0, 0.1) is 13.8 Å². The van der Waals surface area contributed by atoms with E-state index >= 15 is 0 Å². The molecule has 0 atom stereocenters. The Morgan fingerprint density at radius 2 is 2.07 bits per heavy atom. The van der Waals surface area contributed by atoms with Gasteiger partial charge in [-0.25, -0.2) is 4.98 Å². The van der Waals surface area contributed by atoms with Gasteiger partial charge in [0.25, 0.3) is 0 Å². The number of phenols is 1. The molecule has 0 saturated carbocycles. The number of halogens is 1. The lowest BCUT2D eigenvalue weighted by molar-refractivity contribution is 0.318. The number of ether oxygens (including phenoxy) is 1. The van der Waals surface area contributed by atoms with Gasteiger partial charge in [-0.1, -0.05) is 23.7 Å². The summed E-state index contributed by atoms with van der Waals surface area (Å²) in [5, 5.41) is 17.0. The molecule has 2 N–H and O–H groups in total. The molecule has 5 nitrogen and oxygen atoms in total. The zero-order valence-electron chi connectivity index (χ0n) is 15.3. The molecule has 1 heterocycles. The highest BCUT2D eigenvalue weighted by Gasteiger charge is 2.09. The van der Waals surface area contributed by atoms with Crippen molar-refractivity contribution in [1.29, 1.82) is 0 Å². The molecule has 140 valence electrons. The van der Waals surface area contributed by atoms with E-state index in [2.05, 4.69) is 47.6 Å². The van der Waals surface area contributed by atoms with E-state index in [0.717, 1.165) is 11.3 Å². The van der Waals surface area contributed by atoms with E-state index in [-0.39, 0.29) is 10.8 Å². The van der Waals surface area contributed by atoms with E-state index in [4.69, 9.17) is 16.3 Å². The van der Waals surface area contributed by atoms with E-state index in [1.54, 1.807) is 18.3 Å². The maximum atomic E-state index is 9.88. The van der Waals surface area contributed by atoms with Gasteiger partial charge in [-0.3, -0.25) is 5.43 Å². The number of aryl methyl sites for hydroxylation is 2. The fourth-order valence-corrected chi connectivity index (χ4v) is 3.34. The number of nitrogens with one attached hydrogen (secondary N) is 1. The summed E-state index contributed by atoms with van der Waals surface area (Å²) >= 11 is 7.50. The first-order chi connectivity index (χ1) is 13.0. The first-order valence-electron chi connectivity index (χ1n) is 8.45. The van der Waals surface area contributed by atoms with Crippen LogP contribution >= 0.6 is 22.9 Å². The molecule has 0 radical (unpaired) electrons. The number of nitrogens with zero attached hydrogens (tertiary/aromatic N) is 2. The number of hydrazone groups is 1. The molecule has 0 aliphatic rings. The zero-order chi connectivity index (χ0) is 19.4. The monoisotopic (exact) mass is 401 g/mol. The molecule has 2 aromatic carbocycles. The minimum atomic E-state index is -0.0680. The predicted molar refractivity (Wildman–Crippen MR) is 113 cm³/mol. The number of hydrogen-bond donors (Lipinski definition) is 2. The highest BCUT2D eigenvalue weighted by atomic mass is 35.5. The lowest BCUT2D eigenvalue weighted by Crippen LogP contribution is -1.95. The maximum absolute atomic E-state index is 9.88. The van der Waals surface area contributed by atoms with Crippen molar-refractivity contribution >= 4 is 34.3 Å². The summed E-state index contributed by atoms with van der Waals surface area (Å²) in [6.07, 6.45) is 1.60. The number of phenolic OH excluding ortho intramolecular Hbond substituents is 1. The summed E-state index contributed by atoms with van der Waals surface area (Å²) in [7, 11) is 0. The topological polar surface area (TPSA) is 66.7 Å². The molecule has 27 heavy (non-hydrogen) atoms. The minimum absolute atomic E-state index is 0.0680. The fourth-order valence-electron chi connectivity index (χ4n) is 2.45. The molecular formula is C20H20ClN3O2S. The van der Waals surface area contributed by atoms with Crippen molar-refractivity contribution in [2.24, 2.45) is 5.10 Å². The molecule has 3 aromatic rings. The first kappa shape index (κ1) is 19.2. The second-order valence-electron chi connectivity index (χ2n) is 5.99. The number of thiazole rings is 1. The molecule has 0 bridgehead atoms. The molecule has 1 aromatic heterocycles. The largest absolute Gasteiger partial charge is 0.503 e. The van der Waals surface area contributed by atoms with Crippen molar-refractivity contribution in [2.75, 3.05) is 12.0 Å². The molecule has 0 aliphatic heterocycles. The van der Waals surface area contributed by atoms with Crippen LogP contribution in [0.3, 0.4) is 0 Å². The standard InChI is InChI=1S/C20H20ClN3O2S/c1-4-26-18-9-14(8-16(21)19(18)25)10-22-24-20-23-17(11-27-20)15-6-5-12(2)13(3)7-15/h5-11,25H,4H2,1-3H3,(H,23,24)/b22-10-. The summed E-state index contributed by atoms with van der Waals surface area (Å²) < 4.78 is 5.37. The SMILES string of the molecule is CCOc1cc(/C=N\Nc2nc(-c3ccc(C)c(C)c3)cs2)cc(Cl)c1O. The molecule has 0 spiro atoms. The summed E-state index contributed by atoms with van der Waals surface area (Å²) in [6.45, 7) is 6.46. The summed E-state index contributed by atoms with van der Waals surface area (Å²) in [5.74, 6) is 0.263. The van der Waals surface area contributed by atoms with Crippen LogP contribution in [0.15, 0.2) is 40.8 Å². The van der Waals surface area contributed by atoms with Crippen molar-refractivity contribution in [3.63, 3.8) is 0 Å². The van der Waals surface area contributed by atoms with Gasteiger partial charge in [-0.15, -0.1) is 11.3 Å². The van der Waals surface area contributed by atoms with Crippen molar-refractivity contribution in [3.8, 4) is 22.8 Å². The molecule has 0 saturated heterocycles. The zero-order valence-corrected chi connectivity index (χ0v) is 16.9. The fraction of sp³-hybridized carbons (Fsp3) is 0.200. The Labute approximate surface area is 167 Å². The summed E-state index contributed by atoms with van der Waals surface area (Å²) in [6, 6.07) is 9.59. The average molecular weight is 402 g/mol. The van der Waals surface area contributed by atoms with Gasteiger partial charge >= 0.3 is 0 Å². The average Bonchev–Trinajstić information content (AvgIpc) is 3.10. The van der Waals surface area contributed by atoms with Crippen LogP contribution < -0.4 is 10.2 Å². The van der Waals surface area contributed by atoms with Crippen LogP contribution in [0.1, 0.15) is 23.6 Å². The predicted octanol–water partition coefficient (Wildman–Crippen LogP) is 5.63. The third-order valence-corrected chi connectivity index (χ3v) is 5.07. The van der Waals surface area contributed by atoms with Gasteiger partial charge in [-0.2, -0.15) is 5.10 Å². The van der Waals surface area contributed by atoms with Gasteiger partial charge in [0, 0.05) is 10.9 Å². The highest BCUT2D eigenvalue weighted by Crippen LogP contribution is 2.34. The molecule has 0 amide bonds. The maximum Gasteiger partial charge on any atom is 0.203 e. The molecular weight excluding hydrogens is 382 g/mol. The van der Waals surface area contributed by atoms with Crippen molar-refractivity contribution in [1.82, 2.24) is 4.98 Å². The number of benzene rings is 2. The number of hydrogen-bond acceptors (Lipinski definition) is 6. The molecule has 0 unspecified atom stereocenters. The van der Waals surface area contributed by atoms with E-state index in [1.807, 2.05) is 12.3 Å². The second-order valence-corrected chi connectivity index (χ2v) is 7.25. The van der Waals surface area contributed by atoms with Crippen molar-refractivity contribution in [3.05, 3.63) is 57.4 Å². The number of rotatable bonds is 6. The van der Waals surface area contributed by atoms with Crippen LogP contribution in [0.2, 0.25) is 5.02 Å². The van der Waals surface area contributed by atoms with Gasteiger partial charge in [0.05, 0.1) is 23.5 Å². The molecule has 0 fully saturated rings. The van der Waals surface area contributed by atoms with Gasteiger partial charge in [0.15, 0.2) is 11.5 Å². The smallest absolute Gasteiger partial charge is 0.203 e. The van der Waals surface area contributed by atoms with Gasteiger partial charge < -0.3 is 9.84 Å². The Bertz CT molecular complexity index is 985. The second kappa shape index (κ2) is 8.41. The van der Waals surface area contributed by atoms with Crippen LogP contribution in [-0.2, 0) is 0 Å². The Morgan fingerprint density at radius 1 is 1.26 bits per heavy atom. The Kier molecular flexibility index (Phi) is 5.98. The van der Waals surface area contributed by atoms with Crippen molar-refractivity contribution in [2.45, 2.75) is 20.8 Å². The molecule has 7 heteroatoms. The van der Waals surface area contributed by atoms with E-state index < -0.39 is 0 Å². The lowest BCUT2D eigenvalue weighted by atomic mass is 10.1. The van der Waals surface area contributed by atoms with Gasteiger partial charge in [0.2, 0.25) is 5.13 Å². The number of anilines is 1. The van der Waals surface area contributed by atoms with E-state index in [1.165, 1.54) is 22.5 Å². The van der Waals surface area contributed by atoms with E-state index in [9.17, 15) is 5.11 Å². The summed E-state index contributed by atoms with van der Waals surface area (Å²) in [5.41, 5.74) is 8.12. The molecule has 3 rings (SSSR count). The lowest BCUT2D eigenvalue weighted by Gasteiger charge is -2.08. The first-order valence-corrected chi connectivity index (χ1v) is 9.71. The number of aromatic hydroxyl groups is 1. The summed E-state index contributed by atoms with van der Waals surface area (Å²) in [4.78, 5) is 4.56. The Hall–Kier alpha value is -2.57. The van der Waals surface area contributed by atoms with Crippen molar-refractivity contribution < 1.29 is 9.84 Å². The van der Waals surface area contributed by atoms with E-state index in [0.29, 0.717) is 23.1 Å². The normalized spacial score (nSPS) is 11.1. The minimum Gasteiger partial charge on any atom is -0.503 e. The van der Waals surface area contributed by atoms with Crippen LogP contribution in [0.5, 0.6) is 11.5 Å². The van der Waals surface area contributed by atoms with Crippen LogP contribution in [-0.4, -0.2) is 22.9 Å². The van der Waals surface area contributed by atoms with Gasteiger partial charge in [0.1, 0.15) is 0 Å².